The standard InChI is InChI=1S/C22H25FN8O5S/c1-12(19-25-10-14(23)11-26-19)13(2)37(33,34)30-22-29-28-20(15-6-5-7-17(27-15)36-4)31(22)18-16(35-3)8-9-24-21(18)32/h5-13,21,24,32H,1-4H3,(H,29,30)/t12?,13?,21-/m0/s1. The Balaban J connectivity index is 1.80. The Morgan fingerprint density at radius 1 is 1.16 bits per heavy atom. The molecule has 1 aliphatic heterocycles. The van der Waals surface area contributed by atoms with Crippen LogP contribution in [0.3, 0.4) is 0 Å². The summed E-state index contributed by atoms with van der Waals surface area (Å²) in [5, 5.41) is 20.6. The second kappa shape index (κ2) is 10.5. The van der Waals surface area contributed by atoms with Crippen LogP contribution in [0.4, 0.5) is 10.3 Å². The normalized spacial score (nSPS) is 17.2. The fraction of sp³-hybridized carbons (Fsp3) is 0.318. The van der Waals surface area contributed by atoms with E-state index in [4.69, 9.17) is 9.47 Å². The minimum Gasteiger partial charge on any atom is -0.495 e. The van der Waals surface area contributed by atoms with E-state index in [0.29, 0.717) is 11.6 Å². The van der Waals surface area contributed by atoms with Gasteiger partial charge in [-0.1, -0.05) is 13.0 Å². The first-order chi connectivity index (χ1) is 17.7. The van der Waals surface area contributed by atoms with Crippen LogP contribution in [0.2, 0.25) is 0 Å². The predicted molar refractivity (Wildman–Crippen MR) is 131 cm³/mol. The van der Waals surface area contributed by atoms with Crippen molar-refractivity contribution in [2.75, 3.05) is 18.9 Å². The van der Waals surface area contributed by atoms with Gasteiger partial charge in [0, 0.05) is 18.2 Å². The van der Waals surface area contributed by atoms with Gasteiger partial charge in [-0.15, -0.1) is 10.2 Å². The van der Waals surface area contributed by atoms with Crippen molar-refractivity contribution in [1.82, 2.24) is 35.0 Å². The number of dihydropyridines is 1. The molecular formula is C22H25FN8O5S. The lowest BCUT2D eigenvalue weighted by atomic mass is 10.1. The molecule has 3 N–H and O–H groups in total. The van der Waals surface area contributed by atoms with Crippen molar-refractivity contribution in [2.24, 2.45) is 0 Å². The number of sulfonamides is 1. The number of allylic oxidation sites excluding steroid dienone is 1. The summed E-state index contributed by atoms with van der Waals surface area (Å²) in [5.41, 5.74) is 0.415. The molecule has 13 nitrogen and oxygen atoms in total. The summed E-state index contributed by atoms with van der Waals surface area (Å²) in [6.45, 7) is 3.07. The Bertz CT molecular complexity index is 1440. The lowest BCUT2D eigenvalue weighted by molar-refractivity contribution is 0.193. The summed E-state index contributed by atoms with van der Waals surface area (Å²) in [5.74, 6) is -0.765. The molecule has 0 fully saturated rings. The second-order valence-corrected chi connectivity index (χ2v) is 10.0. The molecule has 0 spiro atoms. The van der Waals surface area contributed by atoms with Crippen LogP contribution in [0.15, 0.2) is 48.6 Å². The van der Waals surface area contributed by atoms with Gasteiger partial charge in [0.2, 0.25) is 21.9 Å². The molecule has 15 heteroatoms. The Labute approximate surface area is 212 Å². The zero-order valence-corrected chi connectivity index (χ0v) is 21.1. The molecule has 0 amide bonds. The van der Waals surface area contributed by atoms with Gasteiger partial charge in [-0.2, -0.15) is 0 Å². The summed E-state index contributed by atoms with van der Waals surface area (Å²) < 4.78 is 54.4. The highest BCUT2D eigenvalue weighted by atomic mass is 32.2. The van der Waals surface area contributed by atoms with Crippen molar-refractivity contribution in [1.29, 1.82) is 0 Å². The number of aliphatic hydroxyl groups is 1. The van der Waals surface area contributed by atoms with Gasteiger partial charge in [-0.3, -0.25) is 9.29 Å². The van der Waals surface area contributed by atoms with Crippen molar-refractivity contribution in [3.05, 3.63) is 60.3 Å². The van der Waals surface area contributed by atoms with Gasteiger partial charge < -0.3 is 19.9 Å². The summed E-state index contributed by atoms with van der Waals surface area (Å²) in [6, 6.07) is 4.94. The molecule has 0 aliphatic carbocycles. The molecule has 3 aromatic rings. The number of pyridine rings is 1. The van der Waals surface area contributed by atoms with Gasteiger partial charge in [0.15, 0.2) is 17.9 Å². The van der Waals surface area contributed by atoms with E-state index in [2.05, 4.69) is 35.2 Å². The number of hydrogen-bond donors (Lipinski definition) is 3. The van der Waals surface area contributed by atoms with E-state index >= 15 is 0 Å². The first-order valence-corrected chi connectivity index (χ1v) is 12.6. The third-order valence-electron chi connectivity index (χ3n) is 5.76. The fourth-order valence-electron chi connectivity index (χ4n) is 3.57. The number of nitrogens with one attached hydrogen (secondary N) is 2. The van der Waals surface area contributed by atoms with Crippen LogP contribution in [-0.4, -0.2) is 68.9 Å². The third-order valence-corrected chi connectivity index (χ3v) is 7.61. The largest absolute Gasteiger partial charge is 0.495 e. The molecular weight excluding hydrogens is 507 g/mol. The van der Waals surface area contributed by atoms with Crippen LogP contribution in [0.1, 0.15) is 25.6 Å². The molecule has 0 saturated heterocycles. The highest BCUT2D eigenvalue weighted by molar-refractivity contribution is 7.93. The van der Waals surface area contributed by atoms with E-state index in [9.17, 15) is 17.9 Å². The Morgan fingerprint density at radius 3 is 2.57 bits per heavy atom. The smallest absolute Gasteiger partial charge is 0.243 e. The maximum absolute atomic E-state index is 13.4. The monoisotopic (exact) mass is 532 g/mol. The molecule has 196 valence electrons. The van der Waals surface area contributed by atoms with E-state index < -0.39 is 33.2 Å². The number of methoxy groups -OCH3 is 2. The van der Waals surface area contributed by atoms with Crippen molar-refractivity contribution in [2.45, 2.75) is 31.2 Å². The zero-order chi connectivity index (χ0) is 26.7. The number of rotatable bonds is 9. The molecule has 0 radical (unpaired) electrons. The number of halogens is 1. The molecule has 1 aliphatic rings. The number of anilines is 1. The van der Waals surface area contributed by atoms with Crippen molar-refractivity contribution >= 4 is 21.7 Å². The lowest BCUT2D eigenvalue weighted by Gasteiger charge is -2.25. The highest BCUT2D eigenvalue weighted by Gasteiger charge is 2.34. The van der Waals surface area contributed by atoms with Crippen molar-refractivity contribution < 1.29 is 27.4 Å². The van der Waals surface area contributed by atoms with Gasteiger partial charge in [-0.25, -0.2) is 27.8 Å². The average molecular weight is 533 g/mol. The number of hydrogen-bond acceptors (Lipinski definition) is 11. The minimum absolute atomic E-state index is 0.111. The van der Waals surface area contributed by atoms with Crippen LogP contribution in [-0.2, 0) is 14.8 Å². The number of nitrogens with zero attached hydrogens (tertiary/aromatic N) is 6. The summed E-state index contributed by atoms with van der Waals surface area (Å²) >= 11 is 0. The fourth-order valence-corrected chi connectivity index (χ4v) is 4.80. The van der Waals surface area contributed by atoms with Gasteiger partial charge in [0.05, 0.1) is 31.9 Å². The quantitative estimate of drug-likeness (QED) is 0.365. The van der Waals surface area contributed by atoms with Crippen molar-refractivity contribution in [3.63, 3.8) is 0 Å². The maximum Gasteiger partial charge on any atom is 0.243 e. The van der Waals surface area contributed by atoms with E-state index in [1.54, 1.807) is 31.2 Å². The summed E-state index contributed by atoms with van der Waals surface area (Å²) in [4.78, 5) is 12.2. The van der Waals surface area contributed by atoms with E-state index in [-0.39, 0.29) is 29.1 Å². The molecule has 3 atom stereocenters. The molecule has 3 aromatic heterocycles. The van der Waals surface area contributed by atoms with Crippen LogP contribution in [0.25, 0.3) is 17.2 Å². The summed E-state index contributed by atoms with van der Waals surface area (Å²) in [7, 11) is -1.27. The second-order valence-electron chi connectivity index (χ2n) is 8.00. The molecule has 0 saturated carbocycles. The SMILES string of the molecule is COC1=C(n2c(NS(=O)(=O)C(C)C(C)c3ncc(F)cn3)nnc2-c2cccc(OC)n2)[C@H](O)NC=C1. The molecule has 0 bridgehead atoms. The minimum atomic E-state index is -4.13. The van der Waals surface area contributed by atoms with Gasteiger partial charge >= 0.3 is 0 Å². The summed E-state index contributed by atoms with van der Waals surface area (Å²) in [6.07, 6.45) is 3.68. The predicted octanol–water partition coefficient (Wildman–Crippen LogP) is 1.46. The molecule has 2 unspecified atom stereocenters. The van der Waals surface area contributed by atoms with Gasteiger partial charge in [0.25, 0.3) is 0 Å². The Morgan fingerprint density at radius 2 is 1.89 bits per heavy atom. The number of aliphatic hydroxyl groups excluding tert-OH is 1. The molecule has 37 heavy (non-hydrogen) atoms. The third kappa shape index (κ3) is 5.22. The lowest BCUT2D eigenvalue weighted by Crippen LogP contribution is -2.34. The van der Waals surface area contributed by atoms with Gasteiger partial charge in [-0.05, 0) is 19.1 Å². The molecule has 0 aromatic carbocycles. The highest BCUT2D eigenvalue weighted by Crippen LogP contribution is 2.31. The zero-order valence-electron chi connectivity index (χ0n) is 20.3. The Kier molecular flexibility index (Phi) is 7.35. The van der Waals surface area contributed by atoms with Crippen molar-refractivity contribution in [3.8, 4) is 17.4 Å². The Hall–Kier alpha value is -4.11. The van der Waals surface area contributed by atoms with Crippen LogP contribution in [0.5, 0.6) is 5.88 Å². The molecule has 4 rings (SSSR count). The van der Waals surface area contributed by atoms with Gasteiger partial charge in [0.1, 0.15) is 23.0 Å². The first kappa shape index (κ1) is 26.0. The van der Waals surface area contributed by atoms with Crippen LogP contribution < -0.4 is 14.8 Å². The maximum atomic E-state index is 13.4. The number of aromatic nitrogens is 6. The van der Waals surface area contributed by atoms with E-state index in [1.807, 2.05) is 0 Å². The van der Waals surface area contributed by atoms with Crippen LogP contribution in [0, 0.1) is 5.82 Å². The van der Waals surface area contributed by atoms with Crippen LogP contribution >= 0.6 is 0 Å². The molecule has 4 heterocycles. The van der Waals surface area contributed by atoms with E-state index in [1.165, 1.54) is 31.9 Å². The average Bonchev–Trinajstić information content (AvgIpc) is 3.30. The van der Waals surface area contributed by atoms with E-state index in [0.717, 1.165) is 12.4 Å². The number of ether oxygens (including phenoxy) is 2. The topological polar surface area (TPSA) is 166 Å². The first-order valence-electron chi connectivity index (χ1n) is 11.0.